The lowest BCUT2D eigenvalue weighted by Gasteiger charge is -2.17. The summed E-state index contributed by atoms with van der Waals surface area (Å²) in [4.78, 5) is 50.6. The highest BCUT2D eigenvalue weighted by Crippen LogP contribution is 2.22. The highest BCUT2D eigenvalue weighted by atomic mass is 32.1. The molecule has 0 fully saturated rings. The maximum atomic E-state index is 12.2. The summed E-state index contributed by atoms with van der Waals surface area (Å²) in [6, 6.07) is 8.26. The van der Waals surface area contributed by atoms with E-state index in [1.54, 1.807) is 19.2 Å². The van der Waals surface area contributed by atoms with Crippen LogP contribution >= 0.6 is 11.3 Å². The Balaban J connectivity index is 1.51. The van der Waals surface area contributed by atoms with Crippen LogP contribution in [-0.2, 0) is 20.9 Å². The van der Waals surface area contributed by atoms with Gasteiger partial charge in [0.25, 0.3) is 17.7 Å². The van der Waals surface area contributed by atoms with E-state index < -0.39 is 30.9 Å². The van der Waals surface area contributed by atoms with Crippen LogP contribution in [0.1, 0.15) is 26.3 Å². The quantitative estimate of drug-likeness (QED) is 0.567. The van der Waals surface area contributed by atoms with Crippen molar-refractivity contribution in [1.82, 2.24) is 9.80 Å². The van der Waals surface area contributed by atoms with Gasteiger partial charge in [0.05, 0.1) is 11.1 Å². The first-order valence-corrected chi connectivity index (χ1v) is 8.77. The van der Waals surface area contributed by atoms with Gasteiger partial charge in [0, 0.05) is 13.6 Å². The molecule has 7 nitrogen and oxygen atoms in total. The van der Waals surface area contributed by atoms with E-state index in [1.807, 2.05) is 16.8 Å². The van der Waals surface area contributed by atoms with E-state index >= 15 is 0 Å². The molecule has 1 aliphatic heterocycles. The molecule has 0 radical (unpaired) electrons. The number of amides is 3. The molecular formula is C18H16N2O5S. The molecule has 3 amide bonds. The molecular weight excluding hydrogens is 356 g/mol. The zero-order valence-corrected chi connectivity index (χ0v) is 14.8. The summed E-state index contributed by atoms with van der Waals surface area (Å²) in [7, 11) is 1.61. The number of hydrogen-bond donors (Lipinski definition) is 0. The maximum Gasteiger partial charge on any atom is 0.326 e. The van der Waals surface area contributed by atoms with E-state index in [1.165, 1.54) is 28.4 Å². The predicted octanol–water partition coefficient (Wildman–Crippen LogP) is 1.55. The smallest absolute Gasteiger partial charge is 0.326 e. The number of carbonyl (C=O) groups excluding carboxylic acids is 4. The number of fused-ring (bicyclic) bond motifs is 1. The van der Waals surface area contributed by atoms with Crippen molar-refractivity contribution in [3.63, 3.8) is 0 Å². The fraction of sp³-hybridized carbons (Fsp3) is 0.222. The van der Waals surface area contributed by atoms with Gasteiger partial charge in [-0.25, -0.2) is 0 Å². The number of nitrogens with zero attached hydrogens (tertiary/aromatic N) is 2. The van der Waals surface area contributed by atoms with E-state index in [0.717, 1.165) is 10.5 Å². The molecule has 26 heavy (non-hydrogen) atoms. The minimum absolute atomic E-state index is 0.261. The van der Waals surface area contributed by atoms with Crippen LogP contribution in [0.2, 0.25) is 0 Å². The molecule has 3 rings (SSSR count). The average molecular weight is 372 g/mol. The summed E-state index contributed by atoms with van der Waals surface area (Å²) in [5.41, 5.74) is 1.51. The number of ether oxygens (including phenoxy) is 1. The largest absolute Gasteiger partial charge is 0.454 e. The summed E-state index contributed by atoms with van der Waals surface area (Å²) in [5, 5.41) is 3.84. The van der Waals surface area contributed by atoms with Gasteiger partial charge in [-0.15, -0.1) is 0 Å². The van der Waals surface area contributed by atoms with Gasteiger partial charge in [-0.3, -0.25) is 24.1 Å². The van der Waals surface area contributed by atoms with Crippen LogP contribution in [0.5, 0.6) is 0 Å². The van der Waals surface area contributed by atoms with Crippen LogP contribution in [-0.4, -0.2) is 53.7 Å². The van der Waals surface area contributed by atoms with E-state index in [9.17, 15) is 19.2 Å². The van der Waals surface area contributed by atoms with Gasteiger partial charge >= 0.3 is 5.97 Å². The lowest BCUT2D eigenvalue weighted by Crippen LogP contribution is -2.37. The van der Waals surface area contributed by atoms with Crippen LogP contribution in [0.4, 0.5) is 0 Å². The van der Waals surface area contributed by atoms with Gasteiger partial charge in [0.2, 0.25) is 0 Å². The van der Waals surface area contributed by atoms with E-state index in [2.05, 4.69) is 0 Å². The SMILES string of the molecule is CN(Cc1ccsc1)C(=O)COC(=O)CN1C(=O)c2ccccc2C1=O. The number of carbonyl (C=O) groups is 4. The van der Waals surface area contributed by atoms with Crippen LogP contribution in [0.25, 0.3) is 0 Å². The summed E-state index contributed by atoms with van der Waals surface area (Å²) in [6.07, 6.45) is 0. The Morgan fingerprint density at radius 2 is 1.77 bits per heavy atom. The predicted molar refractivity (Wildman–Crippen MR) is 93.6 cm³/mol. The Labute approximate surface area is 153 Å². The normalized spacial score (nSPS) is 12.9. The lowest BCUT2D eigenvalue weighted by molar-refractivity contribution is -0.151. The number of imide groups is 1. The molecule has 1 aromatic carbocycles. The Bertz CT molecular complexity index is 827. The van der Waals surface area contributed by atoms with Crippen molar-refractivity contribution < 1.29 is 23.9 Å². The first kappa shape index (κ1) is 17.8. The van der Waals surface area contributed by atoms with Crippen molar-refractivity contribution in [3.8, 4) is 0 Å². The lowest BCUT2D eigenvalue weighted by atomic mass is 10.1. The third kappa shape index (κ3) is 3.65. The van der Waals surface area contributed by atoms with E-state index in [4.69, 9.17) is 4.74 Å². The molecule has 8 heteroatoms. The zero-order chi connectivity index (χ0) is 18.7. The Morgan fingerprint density at radius 1 is 1.12 bits per heavy atom. The molecule has 0 aliphatic carbocycles. The standard InChI is InChI=1S/C18H16N2O5S/c1-19(8-12-6-7-26-11-12)15(21)10-25-16(22)9-20-17(23)13-4-2-3-5-14(13)18(20)24/h2-7,11H,8-10H2,1H3. The van der Waals surface area contributed by atoms with Gasteiger partial charge < -0.3 is 9.64 Å². The Kier molecular flexibility index (Phi) is 5.13. The number of benzene rings is 1. The monoisotopic (exact) mass is 372 g/mol. The molecule has 0 saturated carbocycles. The molecule has 0 N–H and O–H groups in total. The first-order valence-electron chi connectivity index (χ1n) is 7.83. The highest BCUT2D eigenvalue weighted by Gasteiger charge is 2.36. The third-order valence-electron chi connectivity index (χ3n) is 3.95. The highest BCUT2D eigenvalue weighted by molar-refractivity contribution is 7.07. The summed E-state index contributed by atoms with van der Waals surface area (Å²) < 4.78 is 4.93. The fourth-order valence-electron chi connectivity index (χ4n) is 2.55. The van der Waals surface area contributed by atoms with Crippen molar-refractivity contribution in [2.75, 3.05) is 20.2 Å². The number of hydrogen-bond acceptors (Lipinski definition) is 6. The molecule has 1 aliphatic rings. The van der Waals surface area contributed by atoms with Gasteiger partial charge in [-0.2, -0.15) is 11.3 Å². The van der Waals surface area contributed by atoms with Gasteiger partial charge in [-0.05, 0) is 34.5 Å². The Hall–Kier alpha value is -3.00. The summed E-state index contributed by atoms with van der Waals surface area (Å²) in [5.74, 6) is -2.25. The summed E-state index contributed by atoms with van der Waals surface area (Å²) >= 11 is 1.53. The molecule has 2 aromatic rings. The van der Waals surface area contributed by atoms with Crippen molar-refractivity contribution in [2.45, 2.75) is 6.54 Å². The van der Waals surface area contributed by atoms with Gasteiger partial charge in [0.1, 0.15) is 6.54 Å². The molecule has 0 saturated heterocycles. The third-order valence-corrected chi connectivity index (χ3v) is 4.68. The van der Waals surface area contributed by atoms with Crippen molar-refractivity contribution in [2.24, 2.45) is 0 Å². The second-order valence-electron chi connectivity index (χ2n) is 5.78. The minimum Gasteiger partial charge on any atom is -0.454 e. The van der Waals surface area contributed by atoms with Crippen molar-refractivity contribution >= 4 is 35.0 Å². The molecule has 134 valence electrons. The maximum absolute atomic E-state index is 12.2. The average Bonchev–Trinajstić information content (AvgIpc) is 3.23. The van der Waals surface area contributed by atoms with Crippen LogP contribution in [0, 0.1) is 0 Å². The zero-order valence-electron chi connectivity index (χ0n) is 14.0. The Morgan fingerprint density at radius 3 is 2.35 bits per heavy atom. The first-order chi connectivity index (χ1) is 12.5. The minimum atomic E-state index is -0.809. The molecule has 0 atom stereocenters. The second-order valence-corrected chi connectivity index (χ2v) is 6.56. The van der Waals surface area contributed by atoms with Crippen LogP contribution < -0.4 is 0 Å². The molecule has 0 unspecified atom stereocenters. The van der Waals surface area contributed by atoms with E-state index in [0.29, 0.717) is 6.54 Å². The van der Waals surface area contributed by atoms with Crippen LogP contribution in [0.15, 0.2) is 41.1 Å². The van der Waals surface area contributed by atoms with E-state index in [-0.39, 0.29) is 17.0 Å². The van der Waals surface area contributed by atoms with Crippen molar-refractivity contribution in [1.29, 1.82) is 0 Å². The topological polar surface area (TPSA) is 84.0 Å². The number of rotatable bonds is 6. The van der Waals surface area contributed by atoms with Gasteiger partial charge in [-0.1, -0.05) is 12.1 Å². The van der Waals surface area contributed by atoms with Gasteiger partial charge in [0.15, 0.2) is 6.61 Å². The summed E-state index contributed by atoms with van der Waals surface area (Å²) in [6.45, 7) is -0.547. The molecule has 0 bridgehead atoms. The molecule has 2 heterocycles. The number of likely N-dealkylation sites (N-methyl/N-ethyl adjacent to an activating group) is 1. The molecule has 1 aromatic heterocycles. The molecule has 0 spiro atoms. The van der Waals surface area contributed by atoms with Crippen LogP contribution in [0.3, 0.4) is 0 Å². The number of esters is 1. The fourth-order valence-corrected chi connectivity index (χ4v) is 3.21. The second kappa shape index (κ2) is 7.49. The van der Waals surface area contributed by atoms with Crippen molar-refractivity contribution in [3.05, 3.63) is 57.8 Å². The number of thiophene rings is 1.